The quantitative estimate of drug-likeness (QED) is 0.835. The lowest BCUT2D eigenvalue weighted by Crippen LogP contribution is -2.46. The second-order valence-corrected chi connectivity index (χ2v) is 6.41. The summed E-state index contributed by atoms with van der Waals surface area (Å²) < 4.78 is 19.4. The monoisotopic (exact) mass is 342 g/mol. The SMILES string of the molecule is CCCO[C@@H]1CC[C@H](C(=O)NCc2c(F)cccc2Cl)C[C@H]1N. The van der Waals surface area contributed by atoms with Crippen LogP contribution in [0.5, 0.6) is 0 Å². The summed E-state index contributed by atoms with van der Waals surface area (Å²) in [5, 5.41) is 3.09. The van der Waals surface area contributed by atoms with Gasteiger partial charge in [0.15, 0.2) is 0 Å². The number of ether oxygens (including phenoxy) is 1. The van der Waals surface area contributed by atoms with Gasteiger partial charge in [0.1, 0.15) is 5.82 Å². The molecule has 0 aliphatic heterocycles. The summed E-state index contributed by atoms with van der Waals surface area (Å²) >= 11 is 5.96. The molecule has 2 rings (SSSR count). The highest BCUT2D eigenvalue weighted by Gasteiger charge is 2.32. The van der Waals surface area contributed by atoms with Gasteiger partial charge in [0.05, 0.1) is 6.10 Å². The summed E-state index contributed by atoms with van der Waals surface area (Å²) in [5.41, 5.74) is 6.43. The second kappa shape index (κ2) is 8.62. The smallest absolute Gasteiger partial charge is 0.223 e. The van der Waals surface area contributed by atoms with Crippen LogP contribution in [0.15, 0.2) is 18.2 Å². The van der Waals surface area contributed by atoms with Crippen LogP contribution >= 0.6 is 11.6 Å². The van der Waals surface area contributed by atoms with Crippen molar-refractivity contribution in [2.45, 2.75) is 51.3 Å². The van der Waals surface area contributed by atoms with Gasteiger partial charge in [0, 0.05) is 35.7 Å². The number of halogens is 2. The summed E-state index contributed by atoms with van der Waals surface area (Å²) in [4.78, 5) is 12.3. The van der Waals surface area contributed by atoms with E-state index in [1.54, 1.807) is 12.1 Å². The lowest BCUT2D eigenvalue weighted by molar-refractivity contribution is -0.127. The fourth-order valence-corrected chi connectivity index (χ4v) is 3.14. The molecule has 3 atom stereocenters. The van der Waals surface area contributed by atoms with E-state index in [-0.39, 0.29) is 30.5 Å². The molecule has 1 amide bonds. The van der Waals surface area contributed by atoms with Crippen molar-refractivity contribution in [2.24, 2.45) is 11.7 Å². The maximum Gasteiger partial charge on any atom is 0.223 e. The van der Waals surface area contributed by atoms with Crippen LogP contribution in [-0.4, -0.2) is 24.7 Å². The van der Waals surface area contributed by atoms with E-state index in [2.05, 4.69) is 12.2 Å². The molecule has 1 fully saturated rings. The van der Waals surface area contributed by atoms with Crippen molar-refractivity contribution in [3.63, 3.8) is 0 Å². The Bertz CT molecular complexity index is 521. The molecule has 23 heavy (non-hydrogen) atoms. The van der Waals surface area contributed by atoms with Crippen molar-refractivity contribution in [3.8, 4) is 0 Å². The molecule has 1 aliphatic carbocycles. The first-order valence-corrected chi connectivity index (χ1v) is 8.48. The highest BCUT2D eigenvalue weighted by atomic mass is 35.5. The molecule has 0 saturated heterocycles. The Kier molecular flexibility index (Phi) is 6.81. The number of carbonyl (C=O) groups is 1. The van der Waals surface area contributed by atoms with Crippen molar-refractivity contribution in [1.29, 1.82) is 0 Å². The fraction of sp³-hybridized carbons (Fsp3) is 0.588. The van der Waals surface area contributed by atoms with E-state index in [4.69, 9.17) is 22.1 Å². The van der Waals surface area contributed by atoms with Crippen molar-refractivity contribution in [3.05, 3.63) is 34.6 Å². The van der Waals surface area contributed by atoms with E-state index in [1.165, 1.54) is 6.07 Å². The minimum absolute atomic E-state index is 0.0278. The van der Waals surface area contributed by atoms with Crippen molar-refractivity contribution >= 4 is 17.5 Å². The Morgan fingerprint density at radius 3 is 2.91 bits per heavy atom. The molecule has 3 N–H and O–H groups in total. The molecule has 0 aromatic heterocycles. The lowest BCUT2D eigenvalue weighted by atomic mass is 9.83. The van der Waals surface area contributed by atoms with Crippen LogP contribution in [0.3, 0.4) is 0 Å². The summed E-state index contributed by atoms with van der Waals surface area (Å²) in [6.45, 7) is 2.84. The normalized spacial score (nSPS) is 24.4. The molecule has 0 heterocycles. The third kappa shape index (κ3) is 4.90. The fourth-order valence-electron chi connectivity index (χ4n) is 2.91. The van der Waals surface area contributed by atoms with E-state index in [1.807, 2.05) is 0 Å². The van der Waals surface area contributed by atoms with E-state index in [0.29, 0.717) is 23.6 Å². The van der Waals surface area contributed by atoms with Crippen molar-refractivity contribution in [1.82, 2.24) is 5.32 Å². The Hall–Kier alpha value is -1.17. The van der Waals surface area contributed by atoms with Gasteiger partial charge in [-0.1, -0.05) is 24.6 Å². The standard InChI is InChI=1S/C17H24ClFN2O2/c1-2-8-23-16-7-6-11(9-15(16)20)17(22)21-10-12-13(18)4-3-5-14(12)19/h3-5,11,15-16H,2,6-10,20H2,1H3,(H,21,22)/t11-,15+,16+/m0/s1. The van der Waals surface area contributed by atoms with Crippen LogP contribution in [0.25, 0.3) is 0 Å². The Balaban J connectivity index is 1.85. The lowest BCUT2D eigenvalue weighted by Gasteiger charge is -2.33. The Morgan fingerprint density at radius 1 is 1.48 bits per heavy atom. The number of nitrogens with one attached hydrogen (secondary N) is 1. The van der Waals surface area contributed by atoms with Gasteiger partial charge in [-0.05, 0) is 37.8 Å². The number of carbonyl (C=O) groups excluding carboxylic acids is 1. The average molecular weight is 343 g/mol. The molecule has 1 aromatic carbocycles. The summed E-state index contributed by atoms with van der Waals surface area (Å²) in [5.74, 6) is -0.670. The van der Waals surface area contributed by atoms with E-state index < -0.39 is 5.82 Å². The zero-order valence-electron chi connectivity index (χ0n) is 13.4. The number of hydrogen-bond donors (Lipinski definition) is 2. The van der Waals surface area contributed by atoms with Gasteiger partial charge in [-0.15, -0.1) is 0 Å². The third-order valence-corrected chi connectivity index (χ3v) is 4.60. The maximum absolute atomic E-state index is 13.7. The van der Waals surface area contributed by atoms with Gasteiger partial charge in [-0.3, -0.25) is 4.79 Å². The number of nitrogens with two attached hydrogens (primary N) is 1. The molecule has 128 valence electrons. The molecule has 1 saturated carbocycles. The maximum atomic E-state index is 13.7. The van der Waals surface area contributed by atoms with Gasteiger partial charge in [0.2, 0.25) is 5.91 Å². The first-order chi connectivity index (χ1) is 11.0. The van der Waals surface area contributed by atoms with E-state index in [0.717, 1.165) is 19.3 Å². The molecule has 0 bridgehead atoms. The first kappa shape index (κ1) is 18.2. The predicted molar refractivity (Wildman–Crippen MR) is 88.6 cm³/mol. The summed E-state index contributed by atoms with van der Waals surface area (Å²) in [7, 11) is 0. The van der Waals surface area contributed by atoms with Crippen LogP contribution in [0.1, 0.15) is 38.2 Å². The van der Waals surface area contributed by atoms with Crippen LogP contribution in [0.4, 0.5) is 4.39 Å². The Labute approximate surface area is 141 Å². The number of benzene rings is 1. The summed E-state index contributed by atoms with van der Waals surface area (Å²) in [6.07, 6.45) is 3.08. The zero-order chi connectivity index (χ0) is 16.8. The highest BCUT2D eigenvalue weighted by molar-refractivity contribution is 6.31. The van der Waals surface area contributed by atoms with Crippen LogP contribution < -0.4 is 11.1 Å². The highest BCUT2D eigenvalue weighted by Crippen LogP contribution is 2.26. The summed E-state index contributed by atoms with van der Waals surface area (Å²) in [6, 6.07) is 4.35. The zero-order valence-corrected chi connectivity index (χ0v) is 14.1. The average Bonchev–Trinajstić information content (AvgIpc) is 2.53. The van der Waals surface area contributed by atoms with Crippen molar-refractivity contribution < 1.29 is 13.9 Å². The van der Waals surface area contributed by atoms with Gasteiger partial charge in [-0.25, -0.2) is 4.39 Å². The minimum atomic E-state index is -0.411. The number of rotatable bonds is 6. The number of hydrogen-bond acceptors (Lipinski definition) is 3. The third-order valence-electron chi connectivity index (χ3n) is 4.24. The molecule has 4 nitrogen and oxygen atoms in total. The van der Waals surface area contributed by atoms with Crippen LogP contribution in [0, 0.1) is 11.7 Å². The molecule has 1 aromatic rings. The first-order valence-electron chi connectivity index (χ1n) is 8.10. The Morgan fingerprint density at radius 2 is 2.26 bits per heavy atom. The van der Waals surface area contributed by atoms with Gasteiger partial charge >= 0.3 is 0 Å². The predicted octanol–water partition coefficient (Wildman–Crippen LogP) is 3.02. The molecule has 6 heteroatoms. The molecule has 0 unspecified atom stereocenters. The number of amides is 1. The van der Waals surface area contributed by atoms with Gasteiger partial charge in [0.25, 0.3) is 0 Å². The van der Waals surface area contributed by atoms with Gasteiger partial charge in [-0.2, -0.15) is 0 Å². The van der Waals surface area contributed by atoms with Crippen molar-refractivity contribution in [2.75, 3.05) is 6.61 Å². The second-order valence-electron chi connectivity index (χ2n) is 6.00. The van der Waals surface area contributed by atoms with Crippen LogP contribution in [-0.2, 0) is 16.1 Å². The topological polar surface area (TPSA) is 64.3 Å². The molecular formula is C17H24ClFN2O2. The largest absolute Gasteiger partial charge is 0.377 e. The molecular weight excluding hydrogens is 319 g/mol. The van der Waals surface area contributed by atoms with Gasteiger partial charge < -0.3 is 15.8 Å². The van der Waals surface area contributed by atoms with E-state index >= 15 is 0 Å². The molecule has 0 spiro atoms. The van der Waals surface area contributed by atoms with E-state index in [9.17, 15) is 9.18 Å². The van der Waals surface area contributed by atoms with Crippen LogP contribution in [0.2, 0.25) is 5.02 Å². The molecule has 1 aliphatic rings. The minimum Gasteiger partial charge on any atom is -0.377 e. The molecule has 0 radical (unpaired) electrons.